The summed E-state index contributed by atoms with van der Waals surface area (Å²) in [6.07, 6.45) is 4.06. The minimum Gasteiger partial charge on any atom is -0.490 e. The van der Waals surface area contributed by atoms with Crippen LogP contribution in [0, 0.1) is 0 Å². The van der Waals surface area contributed by atoms with Crippen molar-refractivity contribution in [1.29, 1.82) is 0 Å². The summed E-state index contributed by atoms with van der Waals surface area (Å²) in [5, 5.41) is 6.75. The molecule has 2 rings (SSSR count). The predicted octanol–water partition coefficient (Wildman–Crippen LogP) is 2.26. The Bertz CT molecular complexity index is 660. The second-order valence-corrected chi connectivity index (χ2v) is 5.97. The van der Waals surface area contributed by atoms with E-state index in [0.29, 0.717) is 35.3 Å². The highest BCUT2D eigenvalue weighted by atomic mass is 35.5. The number of amides is 2. The Labute approximate surface area is 151 Å². The number of hydrazone groups is 1. The number of nitrogens with zero attached hydrogens (tertiary/aromatic N) is 1. The lowest BCUT2D eigenvalue weighted by Crippen LogP contribution is -2.38. The fraction of sp³-hybridized carbons (Fsp3) is 0.471. The number of rotatable bonds is 8. The van der Waals surface area contributed by atoms with Crippen molar-refractivity contribution in [2.75, 3.05) is 13.2 Å². The van der Waals surface area contributed by atoms with Gasteiger partial charge in [-0.25, -0.2) is 5.43 Å². The van der Waals surface area contributed by atoms with Crippen LogP contribution in [-0.4, -0.2) is 37.3 Å². The molecule has 0 aliphatic heterocycles. The van der Waals surface area contributed by atoms with E-state index in [4.69, 9.17) is 21.1 Å². The van der Waals surface area contributed by atoms with Crippen molar-refractivity contribution in [1.82, 2.24) is 10.7 Å². The zero-order valence-corrected chi connectivity index (χ0v) is 15.1. The van der Waals surface area contributed by atoms with E-state index in [-0.39, 0.29) is 6.04 Å². The summed E-state index contributed by atoms with van der Waals surface area (Å²) in [5.41, 5.74) is 2.80. The maximum absolute atomic E-state index is 11.6. The van der Waals surface area contributed by atoms with Crippen molar-refractivity contribution < 1.29 is 19.1 Å². The highest BCUT2D eigenvalue weighted by Gasteiger charge is 2.26. The summed E-state index contributed by atoms with van der Waals surface area (Å²) in [6, 6.07) is 3.47. The Kier molecular flexibility index (Phi) is 7.06. The van der Waals surface area contributed by atoms with E-state index in [0.717, 1.165) is 19.3 Å². The molecule has 0 unspecified atom stereocenters. The molecular weight excluding hydrogens is 346 g/mol. The topological polar surface area (TPSA) is 89.0 Å². The van der Waals surface area contributed by atoms with E-state index in [2.05, 4.69) is 15.8 Å². The van der Waals surface area contributed by atoms with Gasteiger partial charge in [0, 0.05) is 6.04 Å². The molecule has 7 nitrogen and oxygen atoms in total. The lowest BCUT2D eigenvalue weighted by Gasteiger charge is -2.13. The summed E-state index contributed by atoms with van der Waals surface area (Å²) in [6.45, 7) is 4.84. The van der Waals surface area contributed by atoms with Gasteiger partial charge in [0.25, 0.3) is 0 Å². The number of nitrogens with one attached hydrogen (secondary N) is 2. The van der Waals surface area contributed by atoms with Crippen LogP contribution in [0.4, 0.5) is 0 Å². The molecule has 1 aliphatic rings. The largest absolute Gasteiger partial charge is 0.490 e. The molecule has 136 valence electrons. The number of hydrogen-bond donors (Lipinski definition) is 2. The average Bonchev–Trinajstić information content (AvgIpc) is 3.38. The third-order valence-electron chi connectivity index (χ3n) is 3.28. The van der Waals surface area contributed by atoms with Crippen LogP contribution in [0.3, 0.4) is 0 Å². The van der Waals surface area contributed by atoms with Crippen LogP contribution in [0.2, 0.25) is 5.02 Å². The van der Waals surface area contributed by atoms with Gasteiger partial charge >= 0.3 is 11.8 Å². The van der Waals surface area contributed by atoms with Crippen molar-refractivity contribution in [2.45, 2.75) is 39.2 Å². The molecule has 0 radical (unpaired) electrons. The van der Waals surface area contributed by atoms with Crippen molar-refractivity contribution in [2.24, 2.45) is 5.10 Å². The Morgan fingerprint density at radius 3 is 2.68 bits per heavy atom. The normalized spacial score (nSPS) is 13.6. The SMILES string of the molecule is CCCOc1c(Cl)cc(/C=N\NC(=O)C(=O)NC2CC2)cc1OCC. The Hall–Kier alpha value is -2.28. The van der Waals surface area contributed by atoms with Crippen LogP contribution >= 0.6 is 11.6 Å². The zero-order valence-electron chi connectivity index (χ0n) is 14.3. The number of carbonyl (C=O) groups is 2. The minimum absolute atomic E-state index is 0.116. The molecule has 2 N–H and O–H groups in total. The van der Waals surface area contributed by atoms with Crippen molar-refractivity contribution in [3.8, 4) is 11.5 Å². The maximum atomic E-state index is 11.6. The summed E-state index contributed by atoms with van der Waals surface area (Å²) in [7, 11) is 0. The standard InChI is InChI=1S/C17H22ClN3O4/c1-3-7-25-15-13(18)8-11(9-14(15)24-4-2)10-19-21-17(23)16(22)20-12-5-6-12/h8-10,12H,3-7H2,1-2H3,(H,20,22)(H,21,23)/b19-10-. The Balaban J connectivity index is 2.02. The first kappa shape index (κ1) is 19.1. The predicted molar refractivity (Wildman–Crippen MR) is 95.3 cm³/mol. The van der Waals surface area contributed by atoms with Gasteiger partial charge in [-0.05, 0) is 43.9 Å². The quantitative estimate of drug-likeness (QED) is 0.419. The number of carbonyl (C=O) groups excluding carboxylic acids is 2. The molecule has 2 amide bonds. The molecule has 0 saturated heterocycles. The number of ether oxygens (including phenoxy) is 2. The second kappa shape index (κ2) is 9.27. The van der Waals surface area contributed by atoms with Gasteiger partial charge in [0.05, 0.1) is 24.5 Å². The molecule has 0 bridgehead atoms. The van der Waals surface area contributed by atoms with Gasteiger partial charge in [-0.15, -0.1) is 0 Å². The third kappa shape index (κ3) is 5.94. The molecule has 1 aromatic rings. The van der Waals surface area contributed by atoms with Crippen LogP contribution in [-0.2, 0) is 9.59 Å². The summed E-state index contributed by atoms with van der Waals surface area (Å²) >= 11 is 6.24. The number of hydrogen-bond acceptors (Lipinski definition) is 5. The molecule has 0 heterocycles. The number of benzene rings is 1. The molecule has 0 atom stereocenters. The summed E-state index contributed by atoms with van der Waals surface area (Å²) in [5.74, 6) is -0.503. The first-order valence-corrected chi connectivity index (χ1v) is 8.66. The lowest BCUT2D eigenvalue weighted by atomic mass is 10.2. The molecular formula is C17H22ClN3O4. The van der Waals surface area contributed by atoms with E-state index in [1.807, 2.05) is 13.8 Å². The maximum Gasteiger partial charge on any atom is 0.329 e. The van der Waals surface area contributed by atoms with Crippen molar-refractivity contribution in [3.05, 3.63) is 22.7 Å². The van der Waals surface area contributed by atoms with Crippen LogP contribution in [0.15, 0.2) is 17.2 Å². The monoisotopic (exact) mass is 367 g/mol. The molecule has 1 fully saturated rings. The van der Waals surface area contributed by atoms with Gasteiger partial charge in [-0.3, -0.25) is 9.59 Å². The van der Waals surface area contributed by atoms with Crippen molar-refractivity contribution >= 4 is 29.6 Å². The van der Waals surface area contributed by atoms with Gasteiger partial charge < -0.3 is 14.8 Å². The van der Waals surface area contributed by atoms with Gasteiger partial charge in [-0.1, -0.05) is 18.5 Å². The smallest absolute Gasteiger partial charge is 0.329 e. The van der Waals surface area contributed by atoms with Gasteiger partial charge in [-0.2, -0.15) is 5.10 Å². The first-order valence-electron chi connectivity index (χ1n) is 8.28. The van der Waals surface area contributed by atoms with Crippen LogP contribution in [0.1, 0.15) is 38.7 Å². The minimum atomic E-state index is -0.804. The van der Waals surface area contributed by atoms with Crippen LogP contribution < -0.4 is 20.2 Å². The molecule has 1 aliphatic carbocycles. The third-order valence-corrected chi connectivity index (χ3v) is 3.56. The highest BCUT2D eigenvalue weighted by molar-refractivity contribution is 6.35. The molecule has 0 aromatic heterocycles. The summed E-state index contributed by atoms with van der Waals surface area (Å²) in [4.78, 5) is 23.1. The fourth-order valence-corrected chi connectivity index (χ4v) is 2.24. The van der Waals surface area contributed by atoms with E-state index >= 15 is 0 Å². The average molecular weight is 368 g/mol. The van der Waals surface area contributed by atoms with Crippen molar-refractivity contribution in [3.63, 3.8) is 0 Å². The zero-order chi connectivity index (χ0) is 18.2. The lowest BCUT2D eigenvalue weighted by molar-refractivity contribution is -0.139. The Morgan fingerprint density at radius 1 is 1.28 bits per heavy atom. The molecule has 25 heavy (non-hydrogen) atoms. The van der Waals surface area contributed by atoms with Gasteiger partial charge in [0.1, 0.15) is 0 Å². The molecule has 8 heteroatoms. The summed E-state index contributed by atoms with van der Waals surface area (Å²) < 4.78 is 11.2. The van der Waals surface area contributed by atoms with E-state index < -0.39 is 11.8 Å². The fourth-order valence-electron chi connectivity index (χ4n) is 1.96. The second-order valence-electron chi connectivity index (χ2n) is 5.56. The highest BCUT2D eigenvalue weighted by Crippen LogP contribution is 2.36. The van der Waals surface area contributed by atoms with Crippen LogP contribution in [0.5, 0.6) is 11.5 Å². The van der Waals surface area contributed by atoms with Gasteiger partial charge in [0.15, 0.2) is 11.5 Å². The van der Waals surface area contributed by atoms with E-state index in [1.165, 1.54) is 6.21 Å². The molecule has 1 saturated carbocycles. The molecule has 1 aromatic carbocycles. The Morgan fingerprint density at radius 2 is 2.04 bits per heavy atom. The van der Waals surface area contributed by atoms with Crippen LogP contribution in [0.25, 0.3) is 0 Å². The number of halogens is 1. The van der Waals surface area contributed by atoms with Gasteiger partial charge in [0.2, 0.25) is 0 Å². The molecule has 0 spiro atoms. The first-order chi connectivity index (χ1) is 12.0. The van der Waals surface area contributed by atoms with E-state index in [9.17, 15) is 9.59 Å². The van der Waals surface area contributed by atoms with E-state index in [1.54, 1.807) is 12.1 Å².